The number of nitrogens with zero attached hydrogens (tertiary/aromatic N) is 5. The van der Waals surface area contributed by atoms with Gasteiger partial charge in [0.05, 0.1) is 11.5 Å². The Bertz CT molecular complexity index is 742. The number of anilines is 1. The van der Waals surface area contributed by atoms with Gasteiger partial charge in [-0.2, -0.15) is 4.80 Å². The Labute approximate surface area is 129 Å². The lowest BCUT2D eigenvalue weighted by Crippen LogP contribution is -2.09. The Morgan fingerprint density at radius 2 is 2.32 bits per heavy atom. The van der Waals surface area contributed by atoms with E-state index in [9.17, 15) is 14.9 Å². The fourth-order valence-electron chi connectivity index (χ4n) is 1.52. The summed E-state index contributed by atoms with van der Waals surface area (Å²) in [4.78, 5) is 23.2. The Morgan fingerprint density at radius 3 is 2.95 bits per heavy atom. The third-order valence-electron chi connectivity index (χ3n) is 2.56. The maximum absolute atomic E-state index is 11.7. The predicted molar refractivity (Wildman–Crippen MR) is 79.3 cm³/mol. The van der Waals surface area contributed by atoms with E-state index >= 15 is 0 Å². The van der Waals surface area contributed by atoms with Crippen LogP contribution in [0.1, 0.15) is 12.5 Å². The lowest BCUT2D eigenvalue weighted by Gasteiger charge is -1.97. The molecule has 2 aromatic rings. The van der Waals surface area contributed by atoms with E-state index < -0.39 is 10.8 Å². The average molecular weight is 323 g/mol. The number of hydrogen-bond donors (Lipinski definition) is 1. The average Bonchev–Trinajstić information content (AvgIpc) is 2.93. The second kappa shape index (κ2) is 6.76. The second-order valence-corrected chi connectivity index (χ2v) is 4.50. The summed E-state index contributed by atoms with van der Waals surface area (Å²) in [6.07, 6.45) is 2.63. The van der Waals surface area contributed by atoms with E-state index in [0.717, 1.165) is 0 Å². The number of halogens is 1. The molecule has 10 heteroatoms. The van der Waals surface area contributed by atoms with Crippen molar-refractivity contribution in [3.8, 4) is 0 Å². The van der Waals surface area contributed by atoms with Crippen LogP contribution in [-0.2, 0) is 11.3 Å². The molecule has 0 saturated heterocycles. The van der Waals surface area contributed by atoms with E-state index in [1.54, 1.807) is 6.07 Å². The van der Waals surface area contributed by atoms with Crippen LogP contribution in [0.5, 0.6) is 0 Å². The van der Waals surface area contributed by atoms with Crippen LogP contribution in [0.4, 0.5) is 11.6 Å². The van der Waals surface area contributed by atoms with Crippen LogP contribution in [-0.4, -0.2) is 31.0 Å². The number of hydrogen-bond acceptors (Lipinski definition) is 6. The zero-order chi connectivity index (χ0) is 16.1. The number of carbonyl (C=O) groups is 1. The van der Waals surface area contributed by atoms with Crippen molar-refractivity contribution in [2.24, 2.45) is 0 Å². The number of amides is 1. The van der Waals surface area contributed by atoms with E-state index in [0.29, 0.717) is 12.1 Å². The topological polar surface area (TPSA) is 116 Å². The summed E-state index contributed by atoms with van der Waals surface area (Å²) < 4.78 is 0. The first-order chi connectivity index (χ1) is 10.5. The molecule has 0 aliphatic carbocycles. The molecule has 0 bridgehead atoms. The van der Waals surface area contributed by atoms with Crippen LogP contribution in [0.3, 0.4) is 0 Å². The highest BCUT2D eigenvalue weighted by Gasteiger charge is 2.11. The summed E-state index contributed by atoms with van der Waals surface area (Å²) in [7, 11) is 0. The van der Waals surface area contributed by atoms with Gasteiger partial charge in [-0.05, 0) is 29.8 Å². The molecule has 0 unspecified atom stereocenters. The molecule has 0 radical (unpaired) electrons. The van der Waals surface area contributed by atoms with Crippen molar-refractivity contribution in [1.82, 2.24) is 20.2 Å². The van der Waals surface area contributed by atoms with Gasteiger partial charge in [0.25, 0.3) is 17.5 Å². The van der Waals surface area contributed by atoms with Crippen molar-refractivity contribution in [2.45, 2.75) is 13.5 Å². The minimum Gasteiger partial charge on any atom is -0.288 e. The Kier molecular flexibility index (Phi) is 4.79. The number of benzene rings is 1. The number of aryl methyl sites for hydroxylation is 1. The molecule has 0 aliphatic rings. The van der Waals surface area contributed by atoms with Crippen molar-refractivity contribution in [2.75, 3.05) is 5.32 Å². The maximum Gasteiger partial charge on any atom is 0.288 e. The Hall–Kier alpha value is -2.81. The fraction of sp³-hybridized carbons (Fsp3) is 0.167. The third-order valence-corrected chi connectivity index (χ3v) is 2.88. The highest BCUT2D eigenvalue weighted by atomic mass is 35.5. The molecule has 1 aromatic heterocycles. The highest BCUT2D eigenvalue weighted by molar-refractivity contribution is 6.32. The first-order valence-electron chi connectivity index (χ1n) is 6.20. The highest BCUT2D eigenvalue weighted by Crippen LogP contribution is 2.25. The quantitative estimate of drug-likeness (QED) is 0.510. The van der Waals surface area contributed by atoms with Gasteiger partial charge in [-0.3, -0.25) is 20.2 Å². The lowest BCUT2D eigenvalue weighted by atomic mass is 10.2. The van der Waals surface area contributed by atoms with Gasteiger partial charge in [-0.25, -0.2) is 0 Å². The first kappa shape index (κ1) is 15.6. The van der Waals surface area contributed by atoms with Crippen LogP contribution in [0, 0.1) is 10.1 Å². The number of tetrazole rings is 1. The van der Waals surface area contributed by atoms with Crippen LogP contribution < -0.4 is 5.32 Å². The molecule has 22 heavy (non-hydrogen) atoms. The largest absolute Gasteiger partial charge is 0.288 e. The van der Waals surface area contributed by atoms with Crippen molar-refractivity contribution < 1.29 is 9.72 Å². The summed E-state index contributed by atoms with van der Waals surface area (Å²) in [5.41, 5.74) is 0.244. The van der Waals surface area contributed by atoms with Crippen LogP contribution >= 0.6 is 11.6 Å². The summed E-state index contributed by atoms with van der Waals surface area (Å²) in [5.74, 6) is -0.396. The number of nitro benzene ring substituents is 1. The van der Waals surface area contributed by atoms with Crippen LogP contribution in [0.15, 0.2) is 24.3 Å². The second-order valence-electron chi connectivity index (χ2n) is 4.09. The molecule has 0 saturated carbocycles. The standard InChI is InChI=1S/C12H11ClN6O3/c1-2-18-16-12(15-17-18)14-11(20)6-4-8-3-5-9(13)10(7-8)19(21)22/h3-7H,2H2,1H3,(H,14,16,20). The molecule has 1 aromatic carbocycles. The van der Waals surface area contributed by atoms with Gasteiger partial charge in [-0.1, -0.05) is 22.8 Å². The Morgan fingerprint density at radius 1 is 1.55 bits per heavy atom. The van der Waals surface area contributed by atoms with Gasteiger partial charge in [0.2, 0.25) is 0 Å². The predicted octanol–water partition coefficient (Wildman–Crippen LogP) is 1.91. The number of rotatable bonds is 5. The number of nitro groups is 1. The van der Waals surface area contributed by atoms with Crippen molar-refractivity contribution in [3.63, 3.8) is 0 Å². The van der Waals surface area contributed by atoms with Crippen molar-refractivity contribution in [3.05, 3.63) is 45.0 Å². The van der Waals surface area contributed by atoms with E-state index in [-0.39, 0.29) is 16.7 Å². The maximum atomic E-state index is 11.7. The normalized spacial score (nSPS) is 10.8. The van der Waals surface area contributed by atoms with Crippen LogP contribution in [0.25, 0.3) is 6.08 Å². The Balaban J connectivity index is 2.06. The smallest absolute Gasteiger partial charge is 0.288 e. The van der Waals surface area contributed by atoms with Gasteiger partial charge < -0.3 is 0 Å². The molecule has 114 valence electrons. The SMILES string of the molecule is CCn1nnc(NC(=O)C=Cc2ccc(Cl)c([N+](=O)[O-])c2)n1. The first-order valence-corrected chi connectivity index (χ1v) is 6.58. The van der Waals surface area contributed by atoms with Gasteiger partial charge in [0.1, 0.15) is 5.02 Å². The molecule has 0 spiro atoms. The molecule has 0 fully saturated rings. The number of nitrogens with one attached hydrogen (secondary N) is 1. The van der Waals surface area contributed by atoms with E-state index in [1.807, 2.05) is 6.92 Å². The third kappa shape index (κ3) is 3.85. The monoisotopic (exact) mass is 322 g/mol. The van der Waals surface area contributed by atoms with E-state index in [1.165, 1.54) is 29.1 Å². The zero-order valence-electron chi connectivity index (χ0n) is 11.4. The molecule has 1 heterocycles. The lowest BCUT2D eigenvalue weighted by molar-refractivity contribution is -0.384. The molecule has 1 N–H and O–H groups in total. The van der Waals surface area contributed by atoms with Gasteiger partial charge in [0, 0.05) is 12.1 Å². The molecule has 0 aliphatic heterocycles. The van der Waals surface area contributed by atoms with E-state index in [2.05, 4.69) is 20.7 Å². The van der Waals surface area contributed by atoms with Gasteiger partial charge in [0.15, 0.2) is 0 Å². The molecular weight excluding hydrogens is 312 g/mol. The minimum atomic E-state index is -0.591. The van der Waals surface area contributed by atoms with Crippen LogP contribution in [0.2, 0.25) is 5.02 Å². The zero-order valence-corrected chi connectivity index (χ0v) is 12.2. The van der Waals surface area contributed by atoms with E-state index in [4.69, 9.17) is 11.6 Å². The molecule has 9 nitrogen and oxygen atoms in total. The van der Waals surface area contributed by atoms with Crippen molar-refractivity contribution in [1.29, 1.82) is 0 Å². The van der Waals surface area contributed by atoms with Gasteiger partial charge in [-0.15, -0.1) is 5.10 Å². The fourth-order valence-corrected chi connectivity index (χ4v) is 1.71. The molecule has 0 atom stereocenters. The summed E-state index contributed by atoms with van der Waals surface area (Å²) in [6, 6.07) is 4.23. The van der Waals surface area contributed by atoms with Gasteiger partial charge >= 0.3 is 0 Å². The summed E-state index contributed by atoms with van der Waals surface area (Å²) >= 11 is 5.71. The minimum absolute atomic E-state index is 0.0342. The molecule has 1 amide bonds. The summed E-state index contributed by atoms with van der Waals surface area (Å²) in [6.45, 7) is 2.37. The van der Waals surface area contributed by atoms with Crippen molar-refractivity contribution >= 4 is 35.2 Å². The number of aromatic nitrogens is 4. The summed E-state index contributed by atoms with van der Waals surface area (Å²) in [5, 5.41) is 24.5. The number of carbonyl (C=O) groups excluding carboxylic acids is 1. The molecular formula is C12H11ClN6O3. The molecule has 2 rings (SSSR count).